The van der Waals surface area contributed by atoms with E-state index >= 15 is 0 Å². The molecule has 0 spiro atoms. The van der Waals surface area contributed by atoms with E-state index in [2.05, 4.69) is 0 Å². The summed E-state index contributed by atoms with van der Waals surface area (Å²) in [5.41, 5.74) is 6.56. The molecule has 0 fully saturated rings. The van der Waals surface area contributed by atoms with E-state index in [9.17, 15) is 9.59 Å². The van der Waals surface area contributed by atoms with Gasteiger partial charge in [0.15, 0.2) is 11.5 Å². The second-order valence-corrected chi connectivity index (χ2v) is 5.45. The molecule has 1 aliphatic carbocycles. The average Bonchev–Trinajstić information content (AvgIpc) is 2.52. The van der Waals surface area contributed by atoms with Crippen molar-refractivity contribution in [1.29, 1.82) is 0 Å². The van der Waals surface area contributed by atoms with E-state index in [1.54, 1.807) is 30.3 Å². The van der Waals surface area contributed by atoms with Crippen molar-refractivity contribution in [3.8, 4) is 5.75 Å². The lowest BCUT2D eigenvalue weighted by Gasteiger charge is -2.18. The van der Waals surface area contributed by atoms with Crippen molar-refractivity contribution in [2.45, 2.75) is 0 Å². The van der Waals surface area contributed by atoms with Gasteiger partial charge in [-0.25, -0.2) is 0 Å². The lowest BCUT2D eigenvalue weighted by Crippen LogP contribution is -2.23. The minimum atomic E-state index is -0.473. The van der Waals surface area contributed by atoms with Crippen LogP contribution in [-0.4, -0.2) is 11.6 Å². The molecular formula is C16H9Cl2NO3. The Hall–Kier alpha value is -2.30. The molecule has 0 heterocycles. The summed E-state index contributed by atoms with van der Waals surface area (Å²) in [5.74, 6) is -1.02. The van der Waals surface area contributed by atoms with Crippen molar-refractivity contribution in [2.75, 3.05) is 5.73 Å². The number of nitrogens with two attached hydrogens (primary N) is 1. The number of Topliss-reactive ketones (excluding diaryl/α,β-unsaturated/α-hetero) is 2. The predicted octanol–water partition coefficient (Wildman–Crippen LogP) is 3.83. The monoisotopic (exact) mass is 333 g/mol. The zero-order valence-electron chi connectivity index (χ0n) is 11.1. The highest BCUT2D eigenvalue weighted by molar-refractivity contribution is 6.49. The summed E-state index contributed by atoms with van der Waals surface area (Å²) in [5, 5.41) is 0.110. The molecule has 0 amide bonds. The number of ketones is 2. The van der Waals surface area contributed by atoms with Gasteiger partial charge in [0.05, 0.1) is 5.69 Å². The number of ether oxygens (including phenoxy) is 1. The van der Waals surface area contributed by atoms with E-state index in [1.165, 1.54) is 12.1 Å². The first-order chi connectivity index (χ1) is 10.5. The van der Waals surface area contributed by atoms with Gasteiger partial charge in [0, 0.05) is 22.2 Å². The van der Waals surface area contributed by atoms with Crippen LogP contribution >= 0.6 is 23.2 Å². The van der Waals surface area contributed by atoms with Gasteiger partial charge in [0.2, 0.25) is 11.6 Å². The lowest BCUT2D eigenvalue weighted by molar-refractivity contribution is 0.0943. The van der Waals surface area contributed by atoms with Gasteiger partial charge in [-0.05, 0) is 12.1 Å². The molecule has 1 aliphatic rings. The van der Waals surface area contributed by atoms with Gasteiger partial charge in [0.1, 0.15) is 5.03 Å². The fourth-order valence-corrected chi connectivity index (χ4v) is 2.51. The van der Waals surface area contributed by atoms with Crippen molar-refractivity contribution < 1.29 is 14.3 Å². The molecule has 6 heteroatoms. The van der Waals surface area contributed by atoms with Crippen molar-refractivity contribution in [1.82, 2.24) is 0 Å². The number of hydrogen-bond acceptors (Lipinski definition) is 4. The summed E-state index contributed by atoms with van der Waals surface area (Å²) >= 11 is 11.9. The number of anilines is 1. The Labute approximate surface area is 136 Å². The molecule has 0 saturated carbocycles. The SMILES string of the molecule is Nc1ccc(Cl)cc1OC1=C(Cl)C(=O)c2ccccc2C1=O. The molecule has 2 aromatic carbocycles. The number of nitrogen functional groups attached to an aromatic ring is 1. The van der Waals surface area contributed by atoms with Crippen LogP contribution in [0.25, 0.3) is 0 Å². The average molecular weight is 334 g/mol. The molecule has 0 aliphatic heterocycles. The van der Waals surface area contributed by atoms with Crippen LogP contribution in [0.1, 0.15) is 20.7 Å². The maximum Gasteiger partial charge on any atom is 0.230 e. The minimum Gasteiger partial charge on any atom is -0.449 e. The summed E-state index contributed by atoms with van der Waals surface area (Å²) in [6.07, 6.45) is 0. The molecule has 22 heavy (non-hydrogen) atoms. The smallest absolute Gasteiger partial charge is 0.230 e. The van der Waals surface area contributed by atoms with Crippen LogP contribution in [0.15, 0.2) is 53.3 Å². The van der Waals surface area contributed by atoms with Crippen LogP contribution in [0.3, 0.4) is 0 Å². The highest BCUT2D eigenvalue weighted by Crippen LogP contribution is 2.33. The maximum atomic E-state index is 12.5. The lowest BCUT2D eigenvalue weighted by atomic mass is 9.93. The largest absolute Gasteiger partial charge is 0.449 e. The molecule has 2 aromatic rings. The molecule has 0 unspecified atom stereocenters. The summed E-state index contributed by atoms with van der Waals surface area (Å²) in [7, 11) is 0. The van der Waals surface area contributed by atoms with E-state index < -0.39 is 11.6 Å². The van der Waals surface area contributed by atoms with Crippen molar-refractivity contribution in [3.05, 3.63) is 69.4 Å². The van der Waals surface area contributed by atoms with Gasteiger partial charge in [-0.2, -0.15) is 0 Å². The minimum absolute atomic E-state index is 0.168. The number of benzene rings is 2. The van der Waals surface area contributed by atoms with Gasteiger partial charge >= 0.3 is 0 Å². The standard InChI is InChI=1S/C16H9Cl2NO3/c17-8-5-6-11(19)12(7-8)22-16-13(18)14(20)9-3-1-2-4-10(9)15(16)21/h1-7H,19H2. The molecule has 110 valence electrons. The summed E-state index contributed by atoms with van der Waals surface area (Å²) in [4.78, 5) is 24.7. The van der Waals surface area contributed by atoms with Crippen LogP contribution in [0.2, 0.25) is 5.02 Å². The van der Waals surface area contributed by atoms with Crippen molar-refractivity contribution >= 4 is 40.5 Å². The number of fused-ring (bicyclic) bond motifs is 1. The molecule has 0 bridgehead atoms. The Balaban J connectivity index is 2.07. The number of carbonyl (C=O) groups is 2. The second kappa shape index (κ2) is 5.48. The Morgan fingerprint density at radius 2 is 1.55 bits per heavy atom. The van der Waals surface area contributed by atoms with Crippen LogP contribution in [0, 0.1) is 0 Å². The van der Waals surface area contributed by atoms with E-state index in [-0.39, 0.29) is 33.4 Å². The Kier molecular flexibility index (Phi) is 3.64. The molecule has 2 N–H and O–H groups in total. The highest BCUT2D eigenvalue weighted by atomic mass is 35.5. The fraction of sp³-hybridized carbons (Fsp3) is 0. The van der Waals surface area contributed by atoms with Crippen molar-refractivity contribution in [2.24, 2.45) is 0 Å². The third-order valence-electron chi connectivity index (χ3n) is 3.21. The first kappa shape index (κ1) is 14.6. The number of rotatable bonds is 2. The topological polar surface area (TPSA) is 69.4 Å². The van der Waals surface area contributed by atoms with Crippen molar-refractivity contribution in [3.63, 3.8) is 0 Å². The summed E-state index contributed by atoms with van der Waals surface area (Å²) in [6, 6.07) is 11.0. The Morgan fingerprint density at radius 1 is 0.909 bits per heavy atom. The quantitative estimate of drug-likeness (QED) is 0.848. The zero-order chi connectivity index (χ0) is 15.9. The Bertz CT molecular complexity index is 843. The maximum absolute atomic E-state index is 12.5. The molecular weight excluding hydrogens is 325 g/mol. The summed E-state index contributed by atoms with van der Waals surface area (Å²) < 4.78 is 5.49. The van der Waals surface area contributed by atoms with Gasteiger partial charge in [-0.1, -0.05) is 47.5 Å². The predicted molar refractivity (Wildman–Crippen MR) is 84.5 cm³/mol. The van der Waals surface area contributed by atoms with E-state index in [0.29, 0.717) is 5.02 Å². The van der Waals surface area contributed by atoms with E-state index in [1.807, 2.05) is 0 Å². The summed E-state index contributed by atoms with van der Waals surface area (Å²) in [6.45, 7) is 0. The molecule has 0 saturated heterocycles. The third kappa shape index (κ3) is 2.36. The first-order valence-electron chi connectivity index (χ1n) is 6.30. The van der Waals surface area contributed by atoms with Crippen LogP contribution in [0.5, 0.6) is 5.75 Å². The van der Waals surface area contributed by atoms with Crippen LogP contribution < -0.4 is 10.5 Å². The van der Waals surface area contributed by atoms with Gasteiger partial charge in [0.25, 0.3) is 0 Å². The normalized spacial score (nSPS) is 14.1. The van der Waals surface area contributed by atoms with E-state index in [0.717, 1.165) is 0 Å². The molecule has 0 radical (unpaired) electrons. The highest BCUT2D eigenvalue weighted by Gasteiger charge is 2.33. The Morgan fingerprint density at radius 3 is 2.23 bits per heavy atom. The number of hydrogen-bond donors (Lipinski definition) is 1. The number of halogens is 2. The molecule has 3 rings (SSSR count). The van der Waals surface area contributed by atoms with Gasteiger partial charge in [-0.3, -0.25) is 9.59 Å². The first-order valence-corrected chi connectivity index (χ1v) is 7.05. The molecule has 4 nitrogen and oxygen atoms in total. The van der Waals surface area contributed by atoms with Crippen LogP contribution in [0.4, 0.5) is 5.69 Å². The zero-order valence-corrected chi connectivity index (χ0v) is 12.6. The van der Waals surface area contributed by atoms with Crippen LogP contribution in [-0.2, 0) is 0 Å². The molecule has 0 atom stereocenters. The van der Waals surface area contributed by atoms with Gasteiger partial charge < -0.3 is 10.5 Å². The number of carbonyl (C=O) groups excluding carboxylic acids is 2. The van der Waals surface area contributed by atoms with E-state index in [4.69, 9.17) is 33.7 Å². The fourth-order valence-electron chi connectivity index (χ4n) is 2.12. The number of allylic oxidation sites excluding steroid dienone is 2. The second-order valence-electron chi connectivity index (χ2n) is 4.63. The van der Waals surface area contributed by atoms with Gasteiger partial charge in [-0.15, -0.1) is 0 Å². The third-order valence-corrected chi connectivity index (χ3v) is 3.79. The molecule has 0 aromatic heterocycles.